The van der Waals surface area contributed by atoms with Gasteiger partial charge in [0.1, 0.15) is 0 Å². The molecule has 0 spiro atoms. The zero-order valence-electron chi connectivity index (χ0n) is 6.94. The molecule has 0 saturated heterocycles. The van der Waals surface area contributed by atoms with Crippen molar-refractivity contribution in [3.63, 3.8) is 0 Å². The van der Waals surface area contributed by atoms with Gasteiger partial charge in [-0.25, -0.2) is 4.98 Å². The molecule has 1 heterocycles. The number of hydrogen-bond acceptors (Lipinski definition) is 3. The summed E-state index contributed by atoms with van der Waals surface area (Å²) in [5.74, 6) is -0.550. The maximum Gasteiger partial charge on any atom is 0.213 e. The molecule has 0 saturated carbocycles. The third kappa shape index (κ3) is 2.59. The van der Waals surface area contributed by atoms with E-state index >= 15 is 0 Å². The molecule has 0 unspecified atom stereocenters. The molecule has 0 aliphatic carbocycles. The summed E-state index contributed by atoms with van der Waals surface area (Å²) in [6.45, 7) is 0. The van der Waals surface area contributed by atoms with E-state index in [9.17, 15) is 4.39 Å². The van der Waals surface area contributed by atoms with Crippen LogP contribution in [0, 0.1) is 5.95 Å². The number of pyridine rings is 1. The summed E-state index contributed by atoms with van der Waals surface area (Å²) < 4.78 is 12.6. The largest absolute Gasteiger partial charge is 0.405 e. The second kappa shape index (κ2) is 4.25. The molecule has 0 bridgehead atoms. The van der Waals surface area contributed by atoms with Gasteiger partial charge in [-0.15, -0.1) is 0 Å². The molecule has 0 aliphatic rings. The third-order valence-electron chi connectivity index (χ3n) is 1.40. The first-order valence-corrected chi connectivity index (χ1v) is 3.71. The molecule has 0 aliphatic heterocycles. The van der Waals surface area contributed by atoms with Gasteiger partial charge in [-0.1, -0.05) is 6.07 Å². The van der Waals surface area contributed by atoms with Gasteiger partial charge in [0.2, 0.25) is 5.95 Å². The summed E-state index contributed by atoms with van der Waals surface area (Å²) in [7, 11) is 0. The minimum absolute atomic E-state index is 0.376. The second-order valence-corrected chi connectivity index (χ2v) is 2.35. The van der Waals surface area contributed by atoms with Crippen molar-refractivity contribution >= 4 is 5.70 Å². The van der Waals surface area contributed by atoms with Crippen LogP contribution in [-0.4, -0.2) is 4.98 Å². The van der Waals surface area contributed by atoms with E-state index in [4.69, 9.17) is 11.5 Å². The molecule has 0 fully saturated rings. The number of aromatic nitrogens is 1. The monoisotopic (exact) mass is 179 g/mol. The summed E-state index contributed by atoms with van der Waals surface area (Å²) in [5.41, 5.74) is 11.5. The molecule has 0 amide bonds. The fraction of sp³-hybridized carbons (Fsp3) is 0. The van der Waals surface area contributed by atoms with Crippen LogP contribution in [0.4, 0.5) is 4.39 Å². The number of nitrogens with two attached hydrogens (primary N) is 2. The first kappa shape index (κ1) is 9.25. The van der Waals surface area contributed by atoms with Gasteiger partial charge in [0.05, 0.1) is 11.4 Å². The van der Waals surface area contributed by atoms with Crippen LogP contribution in [0.2, 0.25) is 0 Å². The highest BCUT2D eigenvalue weighted by molar-refractivity contribution is 5.60. The summed E-state index contributed by atoms with van der Waals surface area (Å²) in [6.07, 6.45) is 4.45. The Kier molecular flexibility index (Phi) is 3.03. The van der Waals surface area contributed by atoms with Crippen molar-refractivity contribution in [2.24, 2.45) is 11.5 Å². The molecule has 68 valence electrons. The van der Waals surface area contributed by atoms with E-state index in [1.807, 2.05) is 0 Å². The average molecular weight is 179 g/mol. The third-order valence-corrected chi connectivity index (χ3v) is 1.40. The minimum Gasteiger partial charge on any atom is -0.405 e. The number of hydrogen-bond donors (Lipinski definition) is 2. The number of nitrogens with zero attached hydrogens (tertiary/aromatic N) is 1. The molecule has 4 heteroatoms. The van der Waals surface area contributed by atoms with Crippen molar-refractivity contribution < 1.29 is 4.39 Å². The molecule has 1 aromatic rings. The summed E-state index contributed by atoms with van der Waals surface area (Å²) in [5, 5.41) is 0. The van der Waals surface area contributed by atoms with Gasteiger partial charge < -0.3 is 11.5 Å². The average Bonchev–Trinajstić information content (AvgIpc) is 2.14. The van der Waals surface area contributed by atoms with Crippen molar-refractivity contribution in [1.29, 1.82) is 0 Å². The lowest BCUT2D eigenvalue weighted by Gasteiger charge is -1.98. The van der Waals surface area contributed by atoms with Gasteiger partial charge in [-0.2, -0.15) is 4.39 Å². The van der Waals surface area contributed by atoms with E-state index in [1.165, 1.54) is 12.3 Å². The SMILES string of the molecule is N/C=C\C=C(/N)c1cccc(F)n1. The lowest BCUT2D eigenvalue weighted by molar-refractivity contribution is 0.582. The fourth-order valence-corrected chi connectivity index (χ4v) is 0.814. The van der Waals surface area contributed by atoms with Gasteiger partial charge in [0.25, 0.3) is 0 Å². The van der Waals surface area contributed by atoms with Crippen LogP contribution in [0.25, 0.3) is 5.70 Å². The van der Waals surface area contributed by atoms with Crippen molar-refractivity contribution in [1.82, 2.24) is 4.98 Å². The topological polar surface area (TPSA) is 64.9 Å². The minimum atomic E-state index is -0.550. The van der Waals surface area contributed by atoms with Crippen molar-refractivity contribution in [3.8, 4) is 0 Å². The van der Waals surface area contributed by atoms with Crippen molar-refractivity contribution in [2.45, 2.75) is 0 Å². The number of rotatable bonds is 2. The predicted molar refractivity (Wildman–Crippen MR) is 49.7 cm³/mol. The van der Waals surface area contributed by atoms with E-state index in [2.05, 4.69) is 4.98 Å². The molecule has 13 heavy (non-hydrogen) atoms. The zero-order chi connectivity index (χ0) is 9.68. The highest BCUT2D eigenvalue weighted by Crippen LogP contribution is 2.05. The van der Waals surface area contributed by atoms with E-state index in [-0.39, 0.29) is 0 Å². The van der Waals surface area contributed by atoms with Crippen LogP contribution in [0.3, 0.4) is 0 Å². The molecule has 0 atom stereocenters. The molecule has 4 N–H and O–H groups in total. The van der Waals surface area contributed by atoms with Crippen LogP contribution in [0.5, 0.6) is 0 Å². The summed E-state index contributed by atoms with van der Waals surface area (Å²) >= 11 is 0. The summed E-state index contributed by atoms with van der Waals surface area (Å²) in [4.78, 5) is 3.59. The molecule has 3 nitrogen and oxygen atoms in total. The van der Waals surface area contributed by atoms with Crippen molar-refractivity contribution in [2.75, 3.05) is 0 Å². The standard InChI is InChI=1S/C9H10FN3/c10-9-5-1-4-8(13-9)7(12)3-2-6-11/h1-6H,11-12H2/b6-2-,7-3-. The summed E-state index contributed by atoms with van der Waals surface area (Å²) in [6, 6.07) is 4.43. The van der Waals surface area contributed by atoms with Gasteiger partial charge in [-0.3, -0.25) is 0 Å². The molecular weight excluding hydrogens is 169 g/mol. The Balaban J connectivity index is 2.94. The lowest BCUT2D eigenvalue weighted by Crippen LogP contribution is -1.99. The molecule has 0 aromatic carbocycles. The van der Waals surface area contributed by atoms with Crippen LogP contribution in [0.1, 0.15) is 5.69 Å². The maximum atomic E-state index is 12.6. The van der Waals surface area contributed by atoms with E-state index in [0.717, 1.165) is 0 Å². The molecular formula is C9H10FN3. The Morgan fingerprint density at radius 3 is 2.85 bits per heavy atom. The normalized spacial score (nSPS) is 12.2. The van der Waals surface area contributed by atoms with Crippen LogP contribution < -0.4 is 11.5 Å². The molecule has 1 rings (SSSR count). The fourth-order valence-electron chi connectivity index (χ4n) is 0.814. The number of halogens is 1. The Morgan fingerprint density at radius 1 is 1.46 bits per heavy atom. The van der Waals surface area contributed by atoms with Gasteiger partial charge in [0, 0.05) is 0 Å². The number of allylic oxidation sites excluding steroid dienone is 2. The smallest absolute Gasteiger partial charge is 0.213 e. The van der Waals surface area contributed by atoms with Gasteiger partial charge >= 0.3 is 0 Å². The Morgan fingerprint density at radius 2 is 2.23 bits per heavy atom. The Labute approximate surface area is 75.6 Å². The van der Waals surface area contributed by atoms with Crippen LogP contribution >= 0.6 is 0 Å². The van der Waals surface area contributed by atoms with Gasteiger partial charge in [-0.05, 0) is 30.5 Å². The van der Waals surface area contributed by atoms with Crippen LogP contribution in [-0.2, 0) is 0 Å². The lowest BCUT2D eigenvalue weighted by atomic mass is 10.2. The highest BCUT2D eigenvalue weighted by atomic mass is 19.1. The predicted octanol–water partition coefficient (Wildman–Crippen LogP) is 0.993. The highest BCUT2D eigenvalue weighted by Gasteiger charge is 1.97. The Bertz CT molecular complexity index is 344. The van der Waals surface area contributed by atoms with E-state index in [0.29, 0.717) is 11.4 Å². The quantitative estimate of drug-likeness (QED) is 0.525. The molecule has 1 aromatic heterocycles. The van der Waals surface area contributed by atoms with Crippen molar-refractivity contribution in [3.05, 3.63) is 48.2 Å². The van der Waals surface area contributed by atoms with Gasteiger partial charge in [0.15, 0.2) is 0 Å². The zero-order valence-corrected chi connectivity index (χ0v) is 6.94. The maximum absolute atomic E-state index is 12.6. The first-order valence-electron chi connectivity index (χ1n) is 3.71. The van der Waals surface area contributed by atoms with Crippen LogP contribution in [0.15, 0.2) is 36.6 Å². The Hall–Kier alpha value is -1.84. The molecule has 0 radical (unpaired) electrons. The second-order valence-electron chi connectivity index (χ2n) is 2.35. The first-order chi connectivity index (χ1) is 6.24. The van der Waals surface area contributed by atoms with E-state index < -0.39 is 5.95 Å². The van der Waals surface area contributed by atoms with E-state index in [1.54, 1.807) is 24.3 Å².